The molecule has 1 atom stereocenters. The number of piperidine rings is 1. The topological polar surface area (TPSA) is 46.8 Å². The van der Waals surface area contributed by atoms with Crippen LogP contribution in [0.15, 0.2) is 12.4 Å². The molecule has 126 valence electrons. The van der Waals surface area contributed by atoms with Crippen molar-refractivity contribution in [3.05, 3.63) is 23.2 Å². The lowest BCUT2D eigenvalue weighted by Crippen LogP contribution is -2.35. The van der Waals surface area contributed by atoms with Gasteiger partial charge in [-0.2, -0.15) is 0 Å². The number of unbranched alkanes of at least 4 members (excludes halogenated alkanes) is 1. The Balaban J connectivity index is 1.71. The fourth-order valence-electron chi connectivity index (χ4n) is 3.15. The van der Waals surface area contributed by atoms with Gasteiger partial charge in [-0.3, -0.25) is 0 Å². The first-order chi connectivity index (χ1) is 11.2. The largest absolute Gasteiger partial charge is 0.346 e. The summed E-state index contributed by atoms with van der Waals surface area (Å²) in [6, 6.07) is 0. The second kappa shape index (κ2) is 7.43. The van der Waals surface area contributed by atoms with E-state index in [9.17, 15) is 0 Å². The summed E-state index contributed by atoms with van der Waals surface area (Å²) in [5.74, 6) is 2.20. The zero-order chi connectivity index (χ0) is 16.2. The van der Waals surface area contributed by atoms with Gasteiger partial charge in [0, 0.05) is 43.9 Å². The maximum atomic E-state index is 4.66. The standard InChI is InChI=1S/C17H27N5S/c1-4-5-9-21-11-8-18-15(21)14-7-6-10-22(12-14)17-20-19-16(23-17)13(2)3/h8,11,13-14H,4-7,9-10,12H2,1-3H3/t14-/m0/s1. The average molecular weight is 334 g/mol. The van der Waals surface area contributed by atoms with E-state index in [2.05, 4.69) is 51.6 Å². The molecule has 0 radical (unpaired) electrons. The molecule has 3 rings (SSSR count). The van der Waals surface area contributed by atoms with Crippen LogP contribution in [0.25, 0.3) is 0 Å². The summed E-state index contributed by atoms with van der Waals surface area (Å²) >= 11 is 1.74. The van der Waals surface area contributed by atoms with Gasteiger partial charge in [0.1, 0.15) is 10.8 Å². The Labute approximate surface area is 142 Å². The van der Waals surface area contributed by atoms with Crippen LogP contribution in [0.4, 0.5) is 5.13 Å². The number of hydrogen-bond donors (Lipinski definition) is 0. The molecule has 0 bridgehead atoms. The maximum absolute atomic E-state index is 4.66. The van der Waals surface area contributed by atoms with E-state index in [-0.39, 0.29) is 0 Å². The van der Waals surface area contributed by atoms with Crippen molar-refractivity contribution in [2.24, 2.45) is 0 Å². The number of imidazole rings is 1. The molecule has 0 N–H and O–H groups in total. The van der Waals surface area contributed by atoms with Crippen molar-refractivity contribution < 1.29 is 0 Å². The summed E-state index contributed by atoms with van der Waals surface area (Å²) in [6.07, 6.45) is 8.93. The molecule has 0 unspecified atom stereocenters. The van der Waals surface area contributed by atoms with Crippen LogP contribution in [0.3, 0.4) is 0 Å². The van der Waals surface area contributed by atoms with Crippen molar-refractivity contribution >= 4 is 16.5 Å². The van der Waals surface area contributed by atoms with Crippen molar-refractivity contribution in [1.29, 1.82) is 0 Å². The lowest BCUT2D eigenvalue weighted by molar-refractivity contribution is 0.465. The molecule has 2 aromatic heterocycles. The monoisotopic (exact) mass is 333 g/mol. The Morgan fingerprint density at radius 2 is 2.22 bits per heavy atom. The van der Waals surface area contributed by atoms with Gasteiger partial charge in [-0.05, 0) is 19.3 Å². The lowest BCUT2D eigenvalue weighted by atomic mass is 9.97. The van der Waals surface area contributed by atoms with Gasteiger partial charge in [0.05, 0.1) is 0 Å². The van der Waals surface area contributed by atoms with Crippen LogP contribution < -0.4 is 4.90 Å². The van der Waals surface area contributed by atoms with Gasteiger partial charge < -0.3 is 9.47 Å². The Morgan fingerprint density at radius 1 is 1.35 bits per heavy atom. The predicted octanol–water partition coefficient (Wildman–Crippen LogP) is 4.04. The van der Waals surface area contributed by atoms with Crippen molar-refractivity contribution in [3.63, 3.8) is 0 Å². The van der Waals surface area contributed by atoms with Gasteiger partial charge >= 0.3 is 0 Å². The van der Waals surface area contributed by atoms with Crippen LogP contribution in [0.2, 0.25) is 0 Å². The van der Waals surface area contributed by atoms with Crippen molar-refractivity contribution in [2.45, 2.75) is 64.8 Å². The minimum atomic E-state index is 0.453. The highest BCUT2D eigenvalue weighted by Crippen LogP contribution is 2.32. The Morgan fingerprint density at radius 3 is 2.96 bits per heavy atom. The Hall–Kier alpha value is -1.43. The van der Waals surface area contributed by atoms with E-state index in [1.54, 1.807) is 11.3 Å². The second-order valence-corrected chi connectivity index (χ2v) is 7.68. The van der Waals surface area contributed by atoms with Crippen LogP contribution in [-0.4, -0.2) is 32.8 Å². The number of hydrogen-bond acceptors (Lipinski definition) is 5. The van der Waals surface area contributed by atoms with Crippen LogP contribution in [0.1, 0.15) is 69.1 Å². The van der Waals surface area contributed by atoms with Crippen molar-refractivity contribution in [2.75, 3.05) is 18.0 Å². The highest BCUT2D eigenvalue weighted by atomic mass is 32.1. The molecule has 5 nitrogen and oxygen atoms in total. The third-order valence-electron chi connectivity index (χ3n) is 4.48. The Kier molecular flexibility index (Phi) is 5.30. The van der Waals surface area contributed by atoms with Gasteiger partial charge in [-0.15, -0.1) is 10.2 Å². The molecule has 0 aliphatic carbocycles. The highest BCUT2D eigenvalue weighted by Gasteiger charge is 2.26. The molecular weight excluding hydrogens is 306 g/mol. The van der Waals surface area contributed by atoms with E-state index in [1.165, 1.54) is 31.5 Å². The molecule has 0 amide bonds. The van der Waals surface area contributed by atoms with Gasteiger partial charge in [0.15, 0.2) is 0 Å². The van der Waals surface area contributed by atoms with Crippen LogP contribution in [0, 0.1) is 0 Å². The van der Waals surface area contributed by atoms with Crippen molar-refractivity contribution in [1.82, 2.24) is 19.7 Å². The third-order valence-corrected chi connectivity index (χ3v) is 5.77. The quantitative estimate of drug-likeness (QED) is 0.800. The van der Waals surface area contributed by atoms with E-state index in [0.717, 1.165) is 29.8 Å². The summed E-state index contributed by atoms with van der Waals surface area (Å²) in [6.45, 7) is 9.76. The zero-order valence-corrected chi connectivity index (χ0v) is 15.2. The molecule has 1 aliphatic rings. The first-order valence-corrected chi connectivity index (χ1v) is 9.60. The van der Waals surface area contributed by atoms with E-state index >= 15 is 0 Å². The summed E-state index contributed by atoms with van der Waals surface area (Å²) in [7, 11) is 0. The molecule has 1 saturated heterocycles. The minimum Gasteiger partial charge on any atom is -0.346 e. The average Bonchev–Trinajstić information content (AvgIpc) is 3.22. The predicted molar refractivity (Wildman–Crippen MR) is 95.3 cm³/mol. The SMILES string of the molecule is CCCCn1ccnc1[C@H]1CCCN(c2nnc(C(C)C)s2)C1. The molecular formula is C17H27N5S. The number of aromatic nitrogens is 4. The normalized spacial score (nSPS) is 18.8. The van der Waals surface area contributed by atoms with E-state index < -0.39 is 0 Å². The maximum Gasteiger partial charge on any atom is 0.208 e. The number of nitrogens with zero attached hydrogens (tertiary/aromatic N) is 5. The molecule has 0 spiro atoms. The van der Waals surface area contributed by atoms with Gasteiger partial charge in [0.25, 0.3) is 0 Å². The Bertz CT molecular complexity index is 618. The number of rotatable bonds is 6. The molecule has 0 aromatic carbocycles. The molecule has 6 heteroatoms. The minimum absolute atomic E-state index is 0.453. The van der Waals surface area contributed by atoms with E-state index in [1.807, 2.05) is 6.20 Å². The van der Waals surface area contributed by atoms with Crippen LogP contribution in [0.5, 0.6) is 0 Å². The smallest absolute Gasteiger partial charge is 0.208 e. The van der Waals surface area contributed by atoms with E-state index in [0.29, 0.717) is 11.8 Å². The molecule has 3 heterocycles. The molecule has 1 fully saturated rings. The van der Waals surface area contributed by atoms with Gasteiger partial charge in [-0.25, -0.2) is 4.98 Å². The number of aryl methyl sites for hydroxylation is 1. The molecule has 1 aliphatic heterocycles. The fourth-order valence-corrected chi connectivity index (χ4v) is 4.03. The lowest BCUT2D eigenvalue weighted by Gasteiger charge is -2.32. The summed E-state index contributed by atoms with van der Waals surface area (Å²) < 4.78 is 2.34. The summed E-state index contributed by atoms with van der Waals surface area (Å²) in [5.41, 5.74) is 0. The summed E-state index contributed by atoms with van der Waals surface area (Å²) in [5, 5.41) is 11.0. The third kappa shape index (κ3) is 3.74. The fraction of sp³-hybridized carbons (Fsp3) is 0.706. The number of anilines is 1. The van der Waals surface area contributed by atoms with Crippen LogP contribution >= 0.6 is 11.3 Å². The van der Waals surface area contributed by atoms with E-state index in [4.69, 9.17) is 0 Å². The van der Waals surface area contributed by atoms with Crippen molar-refractivity contribution in [3.8, 4) is 0 Å². The zero-order valence-electron chi connectivity index (χ0n) is 14.4. The first kappa shape index (κ1) is 16.4. The van der Waals surface area contributed by atoms with Crippen LogP contribution in [-0.2, 0) is 6.54 Å². The van der Waals surface area contributed by atoms with Gasteiger partial charge in [0.2, 0.25) is 5.13 Å². The molecule has 23 heavy (non-hydrogen) atoms. The summed E-state index contributed by atoms with van der Waals surface area (Å²) in [4.78, 5) is 7.06. The molecule has 2 aromatic rings. The first-order valence-electron chi connectivity index (χ1n) is 8.78. The second-order valence-electron chi connectivity index (χ2n) is 6.70. The van der Waals surface area contributed by atoms with Gasteiger partial charge in [-0.1, -0.05) is 38.5 Å². The highest BCUT2D eigenvalue weighted by molar-refractivity contribution is 7.15. The molecule has 0 saturated carbocycles.